The lowest BCUT2D eigenvalue weighted by Crippen LogP contribution is -2.43. The minimum Gasteiger partial charge on any atom is -0.439 e. The molecular formula is C13H17N3O3. The molecule has 0 bridgehead atoms. The number of aliphatic hydroxyl groups is 1. The number of aromatic nitrogens is 1. The molecule has 0 spiro atoms. The first-order chi connectivity index (χ1) is 9.24. The van der Waals surface area contributed by atoms with Gasteiger partial charge in [0, 0.05) is 18.8 Å². The van der Waals surface area contributed by atoms with Crippen molar-refractivity contribution in [2.75, 3.05) is 32.0 Å². The number of ether oxygens (including phenoxy) is 1. The minimum atomic E-state index is -0.117. The number of hydrogen-bond donors (Lipinski definition) is 2. The first-order valence-electron chi connectivity index (χ1n) is 6.34. The quantitative estimate of drug-likeness (QED) is 0.789. The number of nitrogens with two attached hydrogens (primary N) is 1. The van der Waals surface area contributed by atoms with Crippen LogP contribution in [0.2, 0.25) is 0 Å². The first kappa shape index (κ1) is 12.4. The Morgan fingerprint density at radius 1 is 1.47 bits per heavy atom. The van der Waals surface area contributed by atoms with E-state index in [1.165, 1.54) is 0 Å². The van der Waals surface area contributed by atoms with Crippen molar-refractivity contribution < 1.29 is 14.3 Å². The topological polar surface area (TPSA) is 84.8 Å². The van der Waals surface area contributed by atoms with Gasteiger partial charge in [-0.2, -0.15) is 0 Å². The summed E-state index contributed by atoms with van der Waals surface area (Å²) in [5, 5.41) is 9.12. The Bertz CT molecular complexity index is 569. The van der Waals surface area contributed by atoms with E-state index in [9.17, 15) is 0 Å². The van der Waals surface area contributed by atoms with Crippen LogP contribution < -0.4 is 5.73 Å². The fraction of sp³-hybridized carbons (Fsp3) is 0.462. The standard InChI is InChI=1S/C13H17N3O3/c14-9-1-2-12-11(5-9)15-13(19-12)7-16-3-4-18-10(6-16)8-17/h1-2,5,10,17H,3-4,6-8,14H2. The smallest absolute Gasteiger partial charge is 0.209 e. The van der Waals surface area contributed by atoms with E-state index in [1.54, 1.807) is 12.1 Å². The number of fused-ring (bicyclic) bond motifs is 1. The maximum Gasteiger partial charge on any atom is 0.209 e. The lowest BCUT2D eigenvalue weighted by Gasteiger charge is -2.30. The molecule has 0 radical (unpaired) electrons. The van der Waals surface area contributed by atoms with Crippen LogP contribution in [0.3, 0.4) is 0 Å². The van der Waals surface area contributed by atoms with Gasteiger partial charge in [0.05, 0.1) is 25.9 Å². The molecule has 0 saturated carbocycles. The number of rotatable bonds is 3. The average Bonchev–Trinajstić information content (AvgIpc) is 2.80. The zero-order valence-electron chi connectivity index (χ0n) is 10.6. The van der Waals surface area contributed by atoms with Crippen molar-refractivity contribution in [1.29, 1.82) is 0 Å². The summed E-state index contributed by atoms with van der Waals surface area (Å²) in [7, 11) is 0. The zero-order valence-corrected chi connectivity index (χ0v) is 10.6. The van der Waals surface area contributed by atoms with Crippen LogP contribution >= 0.6 is 0 Å². The largest absolute Gasteiger partial charge is 0.439 e. The Balaban J connectivity index is 1.74. The van der Waals surface area contributed by atoms with Crippen LogP contribution in [0.25, 0.3) is 11.1 Å². The molecule has 3 rings (SSSR count). The summed E-state index contributed by atoms with van der Waals surface area (Å²) in [6.45, 7) is 2.79. The maximum absolute atomic E-state index is 9.12. The lowest BCUT2D eigenvalue weighted by atomic mass is 10.3. The average molecular weight is 263 g/mol. The predicted octanol–water partition coefficient (Wildman–Crippen LogP) is 0.603. The van der Waals surface area contributed by atoms with Gasteiger partial charge in [-0.1, -0.05) is 0 Å². The van der Waals surface area contributed by atoms with Gasteiger partial charge in [-0.05, 0) is 18.2 Å². The molecule has 0 amide bonds. The van der Waals surface area contributed by atoms with Gasteiger partial charge in [-0.3, -0.25) is 4.90 Å². The van der Waals surface area contributed by atoms with Crippen molar-refractivity contribution in [1.82, 2.24) is 9.88 Å². The first-order valence-corrected chi connectivity index (χ1v) is 6.34. The van der Waals surface area contributed by atoms with Crippen molar-refractivity contribution in [2.24, 2.45) is 0 Å². The van der Waals surface area contributed by atoms with Crippen LogP contribution in [0.5, 0.6) is 0 Å². The van der Waals surface area contributed by atoms with E-state index < -0.39 is 0 Å². The Morgan fingerprint density at radius 2 is 2.37 bits per heavy atom. The van der Waals surface area contributed by atoms with Gasteiger partial charge in [0.25, 0.3) is 0 Å². The molecule has 1 unspecified atom stereocenters. The number of benzene rings is 1. The highest BCUT2D eigenvalue weighted by atomic mass is 16.5. The number of hydrogen-bond acceptors (Lipinski definition) is 6. The van der Waals surface area contributed by atoms with E-state index in [0.717, 1.165) is 17.6 Å². The van der Waals surface area contributed by atoms with Gasteiger partial charge >= 0.3 is 0 Å². The third-order valence-electron chi connectivity index (χ3n) is 3.24. The Hall–Kier alpha value is -1.63. The fourth-order valence-electron chi connectivity index (χ4n) is 2.29. The lowest BCUT2D eigenvalue weighted by molar-refractivity contribution is -0.0567. The SMILES string of the molecule is Nc1ccc2oc(CN3CCOC(CO)C3)nc2c1. The fourth-order valence-corrected chi connectivity index (χ4v) is 2.29. The van der Waals surface area contributed by atoms with Crippen LogP contribution in [0.15, 0.2) is 22.6 Å². The van der Waals surface area contributed by atoms with Gasteiger partial charge in [0.1, 0.15) is 5.52 Å². The predicted molar refractivity (Wildman–Crippen MR) is 70.5 cm³/mol. The van der Waals surface area contributed by atoms with Crippen molar-refractivity contribution in [3.05, 3.63) is 24.1 Å². The zero-order chi connectivity index (χ0) is 13.2. The number of oxazole rings is 1. The van der Waals surface area contributed by atoms with Gasteiger partial charge in [-0.25, -0.2) is 4.98 Å². The van der Waals surface area contributed by atoms with Crippen LogP contribution in [0.1, 0.15) is 5.89 Å². The van der Waals surface area contributed by atoms with Gasteiger partial charge < -0.3 is 20.0 Å². The summed E-state index contributed by atoms with van der Waals surface area (Å²) in [6, 6.07) is 5.43. The molecule has 1 atom stereocenters. The van der Waals surface area contributed by atoms with E-state index in [4.69, 9.17) is 20.0 Å². The molecule has 1 aromatic heterocycles. The van der Waals surface area contributed by atoms with Gasteiger partial charge in [0.15, 0.2) is 5.58 Å². The molecule has 1 aliphatic heterocycles. The van der Waals surface area contributed by atoms with E-state index in [1.807, 2.05) is 6.07 Å². The molecule has 2 aromatic rings. The highest BCUT2D eigenvalue weighted by molar-refractivity contribution is 5.76. The second-order valence-corrected chi connectivity index (χ2v) is 4.75. The normalized spacial score (nSPS) is 21.0. The minimum absolute atomic E-state index is 0.0423. The molecule has 102 valence electrons. The van der Waals surface area contributed by atoms with Crippen LogP contribution in [-0.2, 0) is 11.3 Å². The molecule has 6 heteroatoms. The molecular weight excluding hydrogens is 246 g/mol. The Morgan fingerprint density at radius 3 is 3.21 bits per heavy atom. The molecule has 6 nitrogen and oxygen atoms in total. The number of morpholine rings is 1. The molecule has 1 saturated heterocycles. The molecule has 19 heavy (non-hydrogen) atoms. The van der Waals surface area contributed by atoms with Crippen molar-refractivity contribution in [3.8, 4) is 0 Å². The summed E-state index contributed by atoms with van der Waals surface area (Å²) < 4.78 is 11.1. The number of nitrogen functional groups attached to an aromatic ring is 1. The third-order valence-corrected chi connectivity index (χ3v) is 3.24. The molecule has 1 aromatic carbocycles. The number of anilines is 1. The highest BCUT2D eigenvalue weighted by Crippen LogP contribution is 2.19. The van der Waals surface area contributed by atoms with Crippen molar-refractivity contribution in [2.45, 2.75) is 12.6 Å². The second-order valence-electron chi connectivity index (χ2n) is 4.75. The summed E-state index contributed by atoms with van der Waals surface area (Å²) in [5.74, 6) is 0.666. The van der Waals surface area contributed by atoms with E-state index in [0.29, 0.717) is 31.3 Å². The molecule has 0 aliphatic carbocycles. The van der Waals surface area contributed by atoms with Crippen LogP contribution in [-0.4, -0.2) is 47.4 Å². The van der Waals surface area contributed by atoms with E-state index in [2.05, 4.69) is 9.88 Å². The second kappa shape index (κ2) is 5.16. The molecule has 1 fully saturated rings. The van der Waals surface area contributed by atoms with Crippen molar-refractivity contribution >= 4 is 16.8 Å². The molecule has 2 heterocycles. The summed E-state index contributed by atoms with van der Waals surface area (Å²) in [6.07, 6.45) is -0.117. The number of aliphatic hydroxyl groups excluding tert-OH is 1. The van der Waals surface area contributed by atoms with Crippen LogP contribution in [0.4, 0.5) is 5.69 Å². The van der Waals surface area contributed by atoms with Crippen molar-refractivity contribution in [3.63, 3.8) is 0 Å². The monoisotopic (exact) mass is 263 g/mol. The Kier molecular flexibility index (Phi) is 3.37. The van der Waals surface area contributed by atoms with E-state index >= 15 is 0 Å². The van der Waals surface area contributed by atoms with Gasteiger partial charge in [0.2, 0.25) is 5.89 Å². The third kappa shape index (κ3) is 2.70. The number of nitrogens with zero attached hydrogens (tertiary/aromatic N) is 2. The summed E-state index contributed by atoms with van der Waals surface area (Å²) >= 11 is 0. The summed E-state index contributed by atoms with van der Waals surface area (Å²) in [5.41, 5.74) is 7.92. The summed E-state index contributed by atoms with van der Waals surface area (Å²) in [4.78, 5) is 6.59. The van der Waals surface area contributed by atoms with Crippen LogP contribution in [0, 0.1) is 0 Å². The Labute approximate surface area is 110 Å². The molecule has 1 aliphatic rings. The highest BCUT2D eigenvalue weighted by Gasteiger charge is 2.21. The molecule has 3 N–H and O–H groups in total. The van der Waals surface area contributed by atoms with E-state index in [-0.39, 0.29) is 12.7 Å². The maximum atomic E-state index is 9.12. The van der Waals surface area contributed by atoms with Gasteiger partial charge in [-0.15, -0.1) is 0 Å².